The molecule has 0 aliphatic heterocycles. The molecule has 78 valence electrons. The van der Waals surface area contributed by atoms with E-state index in [4.69, 9.17) is 0 Å². The highest BCUT2D eigenvalue weighted by atomic mass is 32.2. The van der Waals surface area contributed by atoms with Gasteiger partial charge in [-0.3, -0.25) is 4.79 Å². The first kappa shape index (κ1) is 12.9. The van der Waals surface area contributed by atoms with Gasteiger partial charge < -0.3 is 0 Å². The second kappa shape index (κ2) is 8.54. The molecule has 13 heavy (non-hydrogen) atoms. The van der Waals surface area contributed by atoms with E-state index in [2.05, 4.69) is 0 Å². The highest BCUT2D eigenvalue weighted by molar-refractivity contribution is 8.13. The van der Waals surface area contributed by atoms with Crippen molar-refractivity contribution in [3.05, 3.63) is 0 Å². The number of halogens is 1. The third-order valence-corrected chi connectivity index (χ3v) is 2.90. The fraction of sp³-hybridized carbons (Fsp3) is 0.900. The zero-order valence-electron chi connectivity index (χ0n) is 8.51. The number of thioether (sulfide) groups is 1. The smallest absolute Gasteiger partial charge is 0.188 e. The Hall–Kier alpha value is -0.0500. The van der Waals surface area contributed by atoms with Crippen molar-refractivity contribution in [1.82, 2.24) is 0 Å². The molecule has 0 aliphatic rings. The molecule has 1 nitrogen and oxygen atoms in total. The SMILES string of the molecule is CCC(=O)SCCCCCC(C)F. The zero-order chi connectivity index (χ0) is 10.1. The average molecular weight is 206 g/mol. The Morgan fingerprint density at radius 1 is 1.38 bits per heavy atom. The lowest BCUT2D eigenvalue weighted by Gasteiger charge is -2.01. The lowest BCUT2D eigenvalue weighted by atomic mass is 10.1. The van der Waals surface area contributed by atoms with Crippen LogP contribution in [0.5, 0.6) is 0 Å². The van der Waals surface area contributed by atoms with Crippen molar-refractivity contribution in [2.24, 2.45) is 0 Å². The van der Waals surface area contributed by atoms with Crippen molar-refractivity contribution < 1.29 is 9.18 Å². The van der Waals surface area contributed by atoms with Gasteiger partial charge in [-0.25, -0.2) is 4.39 Å². The summed E-state index contributed by atoms with van der Waals surface area (Å²) in [7, 11) is 0. The summed E-state index contributed by atoms with van der Waals surface area (Å²) in [6, 6.07) is 0. The van der Waals surface area contributed by atoms with E-state index in [0.717, 1.165) is 25.0 Å². The average Bonchev–Trinajstić information content (AvgIpc) is 2.10. The van der Waals surface area contributed by atoms with E-state index >= 15 is 0 Å². The van der Waals surface area contributed by atoms with Gasteiger partial charge in [-0.2, -0.15) is 0 Å². The van der Waals surface area contributed by atoms with Gasteiger partial charge >= 0.3 is 0 Å². The van der Waals surface area contributed by atoms with E-state index in [9.17, 15) is 9.18 Å². The highest BCUT2D eigenvalue weighted by Crippen LogP contribution is 2.11. The second-order valence-electron chi connectivity index (χ2n) is 3.20. The molecule has 0 fully saturated rings. The van der Waals surface area contributed by atoms with Crippen LogP contribution in [0.15, 0.2) is 0 Å². The van der Waals surface area contributed by atoms with Crippen molar-refractivity contribution in [3.63, 3.8) is 0 Å². The topological polar surface area (TPSA) is 17.1 Å². The summed E-state index contributed by atoms with van der Waals surface area (Å²) in [6.45, 7) is 3.47. The van der Waals surface area contributed by atoms with E-state index in [-0.39, 0.29) is 5.12 Å². The van der Waals surface area contributed by atoms with Crippen LogP contribution in [0.1, 0.15) is 46.0 Å². The van der Waals surface area contributed by atoms with Crippen molar-refractivity contribution >= 4 is 16.9 Å². The van der Waals surface area contributed by atoms with E-state index in [1.165, 1.54) is 11.8 Å². The Morgan fingerprint density at radius 3 is 2.62 bits per heavy atom. The van der Waals surface area contributed by atoms with Crippen LogP contribution in [0, 0.1) is 0 Å². The molecule has 1 atom stereocenters. The quantitative estimate of drug-likeness (QED) is 0.592. The Labute approximate surface area is 84.5 Å². The summed E-state index contributed by atoms with van der Waals surface area (Å²) >= 11 is 1.40. The van der Waals surface area contributed by atoms with Gasteiger partial charge in [-0.1, -0.05) is 31.5 Å². The molecule has 0 N–H and O–H groups in total. The number of alkyl halides is 1. The highest BCUT2D eigenvalue weighted by Gasteiger charge is 1.99. The summed E-state index contributed by atoms with van der Waals surface area (Å²) in [5, 5.41) is 0.263. The largest absolute Gasteiger partial charge is 0.287 e. The molecule has 0 heterocycles. The number of carbonyl (C=O) groups excluding carboxylic acids is 1. The summed E-state index contributed by atoms with van der Waals surface area (Å²) in [6.07, 6.45) is 3.61. The van der Waals surface area contributed by atoms with E-state index < -0.39 is 6.17 Å². The van der Waals surface area contributed by atoms with Crippen LogP contribution in [0.25, 0.3) is 0 Å². The fourth-order valence-electron chi connectivity index (χ4n) is 0.993. The van der Waals surface area contributed by atoms with Gasteiger partial charge in [-0.05, 0) is 19.8 Å². The first-order chi connectivity index (χ1) is 6.16. The predicted molar refractivity (Wildman–Crippen MR) is 56.8 cm³/mol. The van der Waals surface area contributed by atoms with Crippen LogP contribution in [0.2, 0.25) is 0 Å². The molecule has 0 saturated heterocycles. The first-order valence-corrected chi connectivity index (χ1v) is 5.95. The monoisotopic (exact) mass is 206 g/mol. The normalized spacial score (nSPS) is 12.8. The third kappa shape index (κ3) is 9.87. The van der Waals surface area contributed by atoms with Gasteiger partial charge in [0.2, 0.25) is 0 Å². The van der Waals surface area contributed by atoms with E-state index in [1.807, 2.05) is 6.92 Å². The van der Waals surface area contributed by atoms with Crippen LogP contribution < -0.4 is 0 Å². The van der Waals surface area contributed by atoms with Crippen LogP contribution in [-0.2, 0) is 4.79 Å². The molecule has 0 rings (SSSR count). The lowest BCUT2D eigenvalue weighted by Crippen LogP contribution is -1.93. The van der Waals surface area contributed by atoms with Crippen molar-refractivity contribution in [2.45, 2.75) is 52.1 Å². The number of unbranched alkanes of at least 4 members (excludes halogenated alkanes) is 2. The van der Waals surface area contributed by atoms with Gasteiger partial charge in [0.25, 0.3) is 0 Å². The van der Waals surface area contributed by atoms with Crippen molar-refractivity contribution in [3.8, 4) is 0 Å². The maximum absolute atomic E-state index is 12.3. The summed E-state index contributed by atoms with van der Waals surface area (Å²) in [5.74, 6) is 0.896. The minimum absolute atomic E-state index is 0.263. The van der Waals surface area contributed by atoms with E-state index in [0.29, 0.717) is 12.8 Å². The minimum Gasteiger partial charge on any atom is -0.287 e. The molecule has 0 amide bonds. The second-order valence-corrected chi connectivity index (χ2v) is 4.36. The molecule has 1 unspecified atom stereocenters. The summed E-state index contributed by atoms with van der Waals surface area (Å²) in [5.41, 5.74) is 0. The van der Waals surface area contributed by atoms with Crippen LogP contribution in [0.4, 0.5) is 4.39 Å². The maximum Gasteiger partial charge on any atom is 0.188 e. The van der Waals surface area contributed by atoms with Gasteiger partial charge in [0.1, 0.15) is 0 Å². The van der Waals surface area contributed by atoms with E-state index in [1.54, 1.807) is 6.92 Å². The van der Waals surface area contributed by atoms with Gasteiger partial charge in [0.15, 0.2) is 5.12 Å². The molecule has 0 aromatic heterocycles. The molecule has 0 aromatic rings. The van der Waals surface area contributed by atoms with Crippen LogP contribution in [-0.4, -0.2) is 17.0 Å². The molecule has 3 heteroatoms. The predicted octanol–water partition coefficient (Wildman–Crippen LogP) is 3.57. The third-order valence-electron chi connectivity index (χ3n) is 1.80. The number of rotatable bonds is 7. The Morgan fingerprint density at radius 2 is 2.08 bits per heavy atom. The zero-order valence-corrected chi connectivity index (χ0v) is 9.33. The molecule has 0 aromatic carbocycles. The maximum atomic E-state index is 12.3. The number of hydrogen-bond acceptors (Lipinski definition) is 2. The van der Waals surface area contributed by atoms with Gasteiger partial charge in [0, 0.05) is 12.2 Å². The van der Waals surface area contributed by atoms with Crippen molar-refractivity contribution in [2.75, 3.05) is 5.75 Å². The van der Waals surface area contributed by atoms with Gasteiger partial charge in [0.05, 0.1) is 6.17 Å². The first-order valence-electron chi connectivity index (χ1n) is 4.96. The molecule has 0 spiro atoms. The molecule has 0 bridgehead atoms. The lowest BCUT2D eigenvalue weighted by molar-refractivity contribution is -0.110. The Balaban J connectivity index is 3.04. The van der Waals surface area contributed by atoms with Crippen molar-refractivity contribution in [1.29, 1.82) is 0 Å². The minimum atomic E-state index is -0.676. The summed E-state index contributed by atoms with van der Waals surface area (Å²) in [4.78, 5) is 10.9. The Kier molecular flexibility index (Phi) is 8.51. The fourth-order valence-corrected chi connectivity index (χ4v) is 1.77. The number of carbonyl (C=O) groups is 1. The summed E-state index contributed by atoms with van der Waals surface area (Å²) < 4.78 is 12.3. The standard InChI is InChI=1S/C10H19FOS/c1-3-10(12)13-8-6-4-5-7-9(2)11/h9H,3-8H2,1-2H3. The molecule has 0 aliphatic carbocycles. The van der Waals surface area contributed by atoms with Crippen LogP contribution >= 0.6 is 11.8 Å². The molecular weight excluding hydrogens is 187 g/mol. The molecule has 0 saturated carbocycles. The molecule has 0 radical (unpaired) electrons. The molecular formula is C10H19FOS. The Bertz CT molecular complexity index is 137. The number of hydrogen-bond donors (Lipinski definition) is 0. The van der Waals surface area contributed by atoms with Gasteiger partial charge in [-0.15, -0.1) is 0 Å². The van der Waals surface area contributed by atoms with Crippen LogP contribution in [0.3, 0.4) is 0 Å².